The molecule has 0 saturated carbocycles. The third kappa shape index (κ3) is 3.07. The first-order valence-corrected chi connectivity index (χ1v) is 9.22. The summed E-state index contributed by atoms with van der Waals surface area (Å²) in [4.78, 5) is 11.4. The summed E-state index contributed by atoms with van der Waals surface area (Å²) in [6.07, 6.45) is 0. The van der Waals surface area contributed by atoms with E-state index in [1.54, 1.807) is 25.1 Å². The summed E-state index contributed by atoms with van der Waals surface area (Å²) in [5, 5.41) is 9.21. The molecule has 0 unspecified atom stereocenters. The van der Waals surface area contributed by atoms with Crippen molar-refractivity contribution in [2.75, 3.05) is 13.1 Å². The largest absolute Gasteiger partial charge is 0.481 e. The summed E-state index contributed by atoms with van der Waals surface area (Å²) in [6, 6.07) is 16.3. The molecular formula is C18H19NO4S. The summed E-state index contributed by atoms with van der Waals surface area (Å²) < 4.78 is 27.0. The van der Waals surface area contributed by atoms with Gasteiger partial charge in [-0.15, -0.1) is 0 Å². The Kier molecular flexibility index (Phi) is 4.43. The number of rotatable bonds is 4. The molecule has 1 aliphatic heterocycles. The van der Waals surface area contributed by atoms with Gasteiger partial charge >= 0.3 is 5.97 Å². The molecule has 3 rings (SSSR count). The zero-order chi connectivity index (χ0) is 17.3. The van der Waals surface area contributed by atoms with Crippen molar-refractivity contribution in [2.45, 2.75) is 11.8 Å². The quantitative estimate of drug-likeness (QED) is 0.924. The van der Waals surface area contributed by atoms with Crippen molar-refractivity contribution >= 4 is 16.0 Å². The van der Waals surface area contributed by atoms with E-state index in [4.69, 9.17) is 0 Å². The first-order valence-electron chi connectivity index (χ1n) is 7.78. The number of carboxylic acid groups (broad SMARTS) is 1. The van der Waals surface area contributed by atoms with Crippen molar-refractivity contribution in [3.05, 3.63) is 54.6 Å². The van der Waals surface area contributed by atoms with E-state index in [1.165, 1.54) is 4.31 Å². The molecule has 2 aromatic rings. The highest BCUT2D eigenvalue weighted by molar-refractivity contribution is 7.89. The van der Waals surface area contributed by atoms with Crippen LogP contribution in [-0.4, -0.2) is 36.9 Å². The molecule has 2 atom stereocenters. The van der Waals surface area contributed by atoms with Gasteiger partial charge in [-0.05, 0) is 29.2 Å². The van der Waals surface area contributed by atoms with Gasteiger partial charge in [0.25, 0.3) is 0 Å². The third-order valence-electron chi connectivity index (χ3n) is 4.47. The Labute approximate surface area is 141 Å². The first-order chi connectivity index (χ1) is 11.4. The van der Waals surface area contributed by atoms with E-state index in [9.17, 15) is 18.3 Å². The SMILES string of the molecule is C[C@@H]1CN(S(=O)(=O)c2cccc(-c3ccccc3)c2)C[C@H]1C(=O)O. The number of benzene rings is 2. The molecule has 6 heteroatoms. The standard InChI is InChI=1S/C18H19NO4S/c1-13-11-19(12-17(13)18(20)21)24(22,23)16-9-5-8-15(10-16)14-6-3-2-4-7-14/h2-10,13,17H,11-12H2,1H3,(H,20,21)/t13-,17-/m1/s1. The molecule has 1 N–H and O–H groups in total. The van der Waals surface area contributed by atoms with E-state index in [1.807, 2.05) is 36.4 Å². The number of carboxylic acids is 1. The molecule has 0 spiro atoms. The predicted octanol–water partition coefficient (Wildman–Crippen LogP) is 2.69. The van der Waals surface area contributed by atoms with Gasteiger partial charge in [0, 0.05) is 13.1 Å². The van der Waals surface area contributed by atoms with Crippen LogP contribution < -0.4 is 0 Å². The van der Waals surface area contributed by atoms with Crippen molar-refractivity contribution in [3.63, 3.8) is 0 Å². The van der Waals surface area contributed by atoms with E-state index in [0.717, 1.165) is 11.1 Å². The van der Waals surface area contributed by atoms with Crippen molar-refractivity contribution in [3.8, 4) is 11.1 Å². The lowest BCUT2D eigenvalue weighted by Gasteiger charge is -2.16. The van der Waals surface area contributed by atoms with Crippen LogP contribution in [0.1, 0.15) is 6.92 Å². The lowest BCUT2D eigenvalue weighted by atomic mass is 9.99. The highest BCUT2D eigenvalue weighted by Crippen LogP contribution is 2.30. The maximum absolute atomic E-state index is 12.9. The number of aliphatic carboxylic acids is 1. The molecule has 126 valence electrons. The molecule has 0 radical (unpaired) electrons. The smallest absolute Gasteiger partial charge is 0.308 e. The zero-order valence-corrected chi connectivity index (χ0v) is 14.1. The second kappa shape index (κ2) is 6.37. The van der Waals surface area contributed by atoms with Crippen LogP contribution in [0.5, 0.6) is 0 Å². The summed E-state index contributed by atoms with van der Waals surface area (Å²) in [6.45, 7) is 2.03. The monoisotopic (exact) mass is 345 g/mol. The number of sulfonamides is 1. The van der Waals surface area contributed by atoms with Gasteiger partial charge in [-0.25, -0.2) is 8.42 Å². The number of hydrogen-bond donors (Lipinski definition) is 1. The van der Waals surface area contributed by atoms with E-state index in [-0.39, 0.29) is 23.9 Å². The molecule has 1 fully saturated rings. The van der Waals surface area contributed by atoms with Crippen LogP contribution in [0.2, 0.25) is 0 Å². The minimum atomic E-state index is -3.70. The predicted molar refractivity (Wildman–Crippen MR) is 90.9 cm³/mol. The minimum absolute atomic E-state index is 0.0222. The van der Waals surface area contributed by atoms with E-state index in [0.29, 0.717) is 0 Å². The molecule has 1 aliphatic rings. The number of carbonyl (C=O) groups is 1. The average molecular weight is 345 g/mol. The van der Waals surface area contributed by atoms with Gasteiger partial charge in [-0.3, -0.25) is 4.79 Å². The molecule has 5 nitrogen and oxygen atoms in total. The Morgan fingerprint density at radius 1 is 1.04 bits per heavy atom. The molecule has 2 aromatic carbocycles. The maximum atomic E-state index is 12.9. The van der Waals surface area contributed by atoms with Crippen molar-refractivity contribution in [1.29, 1.82) is 0 Å². The molecule has 0 amide bonds. The third-order valence-corrected chi connectivity index (χ3v) is 6.30. The topological polar surface area (TPSA) is 74.7 Å². The Balaban J connectivity index is 1.93. The maximum Gasteiger partial charge on any atom is 0.308 e. The number of nitrogens with zero attached hydrogens (tertiary/aromatic N) is 1. The molecular weight excluding hydrogens is 326 g/mol. The van der Waals surface area contributed by atoms with Crippen LogP contribution in [0.3, 0.4) is 0 Å². The highest BCUT2D eigenvalue weighted by atomic mass is 32.2. The first kappa shape index (κ1) is 16.7. The summed E-state index contributed by atoms with van der Waals surface area (Å²) in [5.74, 6) is -1.80. The second-order valence-corrected chi connectivity index (χ2v) is 8.08. The molecule has 0 aliphatic carbocycles. The number of hydrogen-bond acceptors (Lipinski definition) is 3. The highest BCUT2D eigenvalue weighted by Gasteiger charge is 2.40. The van der Waals surface area contributed by atoms with Crippen LogP contribution >= 0.6 is 0 Å². The fourth-order valence-electron chi connectivity index (χ4n) is 3.06. The Bertz CT molecular complexity index is 848. The summed E-state index contributed by atoms with van der Waals surface area (Å²) in [7, 11) is -3.70. The van der Waals surface area contributed by atoms with Gasteiger partial charge in [-0.2, -0.15) is 4.31 Å². The van der Waals surface area contributed by atoms with Crippen LogP contribution in [0.4, 0.5) is 0 Å². The summed E-state index contributed by atoms with van der Waals surface area (Å²) >= 11 is 0. The average Bonchev–Trinajstić information content (AvgIpc) is 2.99. The van der Waals surface area contributed by atoms with Crippen molar-refractivity contribution in [1.82, 2.24) is 4.31 Å². The van der Waals surface area contributed by atoms with Crippen LogP contribution in [0.25, 0.3) is 11.1 Å². The second-order valence-electron chi connectivity index (χ2n) is 6.14. The normalized spacial score (nSPS) is 21.7. The molecule has 1 heterocycles. The van der Waals surface area contributed by atoms with Gasteiger partial charge in [0.2, 0.25) is 10.0 Å². The van der Waals surface area contributed by atoms with Crippen molar-refractivity contribution < 1.29 is 18.3 Å². The van der Waals surface area contributed by atoms with Crippen LogP contribution in [0, 0.1) is 11.8 Å². The van der Waals surface area contributed by atoms with Gasteiger partial charge in [0.05, 0.1) is 10.8 Å². The van der Waals surface area contributed by atoms with E-state index in [2.05, 4.69) is 0 Å². The fourth-order valence-corrected chi connectivity index (χ4v) is 4.67. The lowest BCUT2D eigenvalue weighted by molar-refractivity contribution is -0.142. The van der Waals surface area contributed by atoms with Crippen LogP contribution in [-0.2, 0) is 14.8 Å². The zero-order valence-electron chi connectivity index (χ0n) is 13.3. The molecule has 1 saturated heterocycles. The molecule has 0 bridgehead atoms. The summed E-state index contributed by atoms with van der Waals surface area (Å²) in [5.41, 5.74) is 1.76. The van der Waals surface area contributed by atoms with Crippen molar-refractivity contribution in [2.24, 2.45) is 11.8 Å². The van der Waals surface area contributed by atoms with Gasteiger partial charge in [0.15, 0.2) is 0 Å². The fraction of sp³-hybridized carbons (Fsp3) is 0.278. The van der Waals surface area contributed by atoms with Gasteiger partial charge in [0.1, 0.15) is 0 Å². The van der Waals surface area contributed by atoms with Gasteiger partial charge in [-0.1, -0.05) is 49.4 Å². The van der Waals surface area contributed by atoms with E-state index >= 15 is 0 Å². The Morgan fingerprint density at radius 3 is 2.33 bits per heavy atom. The lowest BCUT2D eigenvalue weighted by Crippen LogP contribution is -2.30. The van der Waals surface area contributed by atoms with Crippen LogP contribution in [0.15, 0.2) is 59.5 Å². The minimum Gasteiger partial charge on any atom is -0.481 e. The van der Waals surface area contributed by atoms with Gasteiger partial charge < -0.3 is 5.11 Å². The molecule has 24 heavy (non-hydrogen) atoms. The Hall–Kier alpha value is -2.18. The Morgan fingerprint density at radius 2 is 1.71 bits per heavy atom. The molecule has 0 aromatic heterocycles. The van der Waals surface area contributed by atoms with E-state index < -0.39 is 21.9 Å².